The number of benzene rings is 1. The van der Waals surface area contributed by atoms with Gasteiger partial charge in [0.15, 0.2) is 5.13 Å². The van der Waals surface area contributed by atoms with E-state index in [1.54, 1.807) is 0 Å². The molecule has 1 aliphatic heterocycles. The van der Waals surface area contributed by atoms with Crippen molar-refractivity contribution in [3.05, 3.63) is 40.9 Å². The van der Waals surface area contributed by atoms with Gasteiger partial charge in [-0.05, 0) is 31.0 Å². The molecule has 0 bridgehead atoms. The van der Waals surface area contributed by atoms with Crippen LogP contribution in [0.3, 0.4) is 0 Å². The third kappa shape index (κ3) is 7.67. The minimum Gasteiger partial charge on any atom is -0.383 e. The van der Waals surface area contributed by atoms with E-state index in [0.717, 1.165) is 36.3 Å². The first-order valence-electron chi connectivity index (χ1n) is 10.8. The van der Waals surface area contributed by atoms with Crippen LogP contribution in [-0.2, 0) is 20.4 Å². The summed E-state index contributed by atoms with van der Waals surface area (Å²) in [5.74, 6) is -0.576. The van der Waals surface area contributed by atoms with Gasteiger partial charge in [0.05, 0.1) is 18.3 Å². The van der Waals surface area contributed by atoms with Crippen LogP contribution in [-0.4, -0.2) is 67.8 Å². The molecule has 186 valence electrons. The van der Waals surface area contributed by atoms with Gasteiger partial charge in [-0.15, -0.1) is 11.3 Å². The lowest BCUT2D eigenvalue weighted by Gasteiger charge is -2.21. The van der Waals surface area contributed by atoms with Crippen LogP contribution >= 0.6 is 11.3 Å². The van der Waals surface area contributed by atoms with E-state index < -0.39 is 17.6 Å². The molecule has 0 unspecified atom stereocenters. The van der Waals surface area contributed by atoms with Gasteiger partial charge < -0.3 is 25.0 Å². The smallest absolute Gasteiger partial charge is 0.383 e. The van der Waals surface area contributed by atoms with Crippen LogP contribution in [0.5, 0.6) is 0 Å². The predicted molar refractivity (Wildman–Crippen MR) is 121 cm³/mol. The summed E-state index contributed by atoms with van der Waals surface area (Å²) in [6, 6.07) is 4.73. The summed E-state index contributed by atoms with van der Waals surface area (Å²) < 4.78 is 49.3. The Morgan fingerprint density at radius 1 is 1.32 bits per heavy atom. The van der Waals surface area contributed by atoms with Crippen molar-refractivity contribution in [2.24, 2.45) is 0 Å². The van der Waals surface area contributed by atoms with Gasteiger partial charge in [-0.3, -0.25) is 9.59 Å². The number of amides is 2. The normalized spacial score (nSPS) is 15.8. The number of aromatic nitrogens is 1. The number of carbonyl (C=O) groups is 2. The summed E-state index contributed by atoms with van der Waals surface area (Å²) in [6.45, 7) is 1.87. The second kappa shape index (κ2) is 12.1. The predicted octanol–water partition coefficient (Wildman–Crippen LogP) is 3.68. The standard InChI is InChI=1S/C22H27F3N4O4S/c1-32-11-9-29(8-7-19(30)26-13-17-6-3-10-33-17)20(31)18-14-34-21(28-18)27-16-5-2-4-15(12-16)22(23,24)25/h2,4-5,12,14,17H,3,6-11,13H2,1H3,(H,26,30)(H,27,28)/t17-/m1/s1. The van der Waals surface area contributed by atoms with Crippen molar-refractivity contribution in [3.8, 4) is 0 Å². The van der Waals surface area contributed by atoms with Crippen molar-refractivity contribution in [2.75, 3.05) is 45.3 Å². The van der Waals surface area contributed by atoms with E-state index >= 15 is 0 Å². The summed E-state index contributed by atoms with van der Waals surface area (Å²) in [5.41, 5.74) is -0.438. The van der Waals surface area contributed by atoms with Gasteiger partial charge in [0.2, 0.25) is 5.91 Å². The average Bonchev–Trinajstić information content (AvgIpc) is 3.49. The molecule has 8 nitrogen and oxygen atoms in total. The Kier molecular flexibility index (Phi) is 9.25. The third-order valence-corrected chi connectivity index (χ3v) is 5.93. The Labute approximate surface area is 199 Å². The molecule has 0 aliphatic carbocycles. The highest BCUT2D eigenvalue weighted by Crippen LogP contribution is 2.32. The maximum atomic E-state index is 13.0. The SMILES string of the molecule is COCCN(CCC(=O)NC[C@H]1CCCO1)C(=O)c1csc(Nc2cccc(C(F)(F)F)c2)n1. The zero-order chi connectivity index (χ0) is 24.6. The lowest BCUT2D eigenvalue weighted by atomic mass is 10.2. The lowest BCUT2D eigenvalue weighted by molar-refractivity contribution is -0.137. The maximum absolute atomic E-state index is 13.0. The fourth-order valence-electron chi connectivity index (χ4n) is 3.36. The average molecular weight is 501 g/mol. The highest BCUT2D eigenvalue weighted by atomic mass is 32.1. The van der Waals surface area contributed by atoms with Crippen molar-refractivity contribution in [1.82, 2.24) is 15.2 Å². The number of halogens is 3. The molecule has 0 radical (unpaired) electrons. The molecule has 2 N–H and O–H groups in total. The van der Waals surface area contributed by atoms with E-state index in [2.05, 4.69) is 15.6 Å². The van der Waals surface area contributed by atoms with E-state index in [-0.39, 0.29) is 54.6 Å². The number of nitrogens with zero attached hydrogens (tertiary/aromatic N) is 2. The number of methoxy groups -OCH3 is 1. The van der Waals surface area contributed by atoms with Crippen LogP contribution in [0.2, 0.25) is 0 Å². The minimum absolute atomic E-state index is 0.0351. The third-order valence-electron chi connectivity index (χ3n) is 5.18. The van der Waals surface area contributed by atoms with Gasteiger partial charge in [0.25, 0.3) is 5.91 Å². The summed E-state index contributed by atoms with van der Waals surface area (Å²) in [5, 5.41) is 7.43. The Morgan fingerprint density at radius 3 is 2.85 bits per heavy atom. The van der Waals surface area contributed by atoms with Crippen LogP contribution in [0.1, 0.15) is 35.3 Å². The molecular formula is C22H27F3N4O4S. The van der Waals surface area contributed by atoms with Crippen molar-refractivity contribution >= 4 is 34.0 Å². The first-order valence-corrected chi connectivity index (χ1v) is 11.7. The number of hydrogen-bond donors (Lipinski definition) is 2. The molecule has 0 spiro atoms. The van der Waals surface area contributed by atoms with Gasteiger partial charge in [-0.2, -0.15) is 13.2 Å². The van der Waals surface area contributed by atoms with Gasteiger partial charge >= 0.3 is 6.18 Å². The summed E-state index contributed by atoms with van der Waals surface area (Å²) in [4.78, 5) is 30.9. The molecule has 1 fully saturated rings. The van der Waals surface area contributed by atoms with Crippen LogP contribution in [0, 0.1) is 0 Å². The van der Waals surface area contributed by atoms with Crippen molar-refractivity contribution in [3.63, 3.8) is 0 Å². The molecule has 1 saturated heterocycles. The Hall–Kier alpha value is -2.70. The molecule has 1 atom stereocenters. The van der Waals surface area contributed by atoms with E-state index in [4.69, 9.17) is 9.47 Å². The molecule has 34 heavy (non-hydrogen) atoms. The quantitative estimate of drug-likeness (QED) is 0.489. The topological polar surface area (TPSA) is 92.8 Å². The summed E-state index contributed by atoms with van der Waals surface area (Å²) in [7, 11) is 1.51. The van der Waals surface area contributed by atoms with E-state index in [0.29, 0.717) is 13.2 Å². The van der Waals surface area contributed by atoms with E-state index in [9.17, 15) is 22.8 Å². The highest BCUT2D eigenvalue weighted by molar-refractivity contribution is 7.14. The molecule has 2 amide bonds. The number of thiazole rings is 1. The number of alkyl halides is 3. The fourth-order valence-corrected chi connectivity index (χ4v) is 4.07. The van der Waals surface area contributed by atoms with Gasteiger partial charge in [0.1, 0.15) is 5.69 Å². The second-order valence-corrected chi connectivity index (χ2v) is 8.57. The van der Waals surface area contributed by atoms with E-state index in [1.807, 2.05) is 0 Å². The van der Waals surface area contributed by atoms with Gasteiger partial charge in [-0.1, -0.05) is 6.07 Å². The van der Waals surface area contributed by atoms with Crippen molar-refractivity contribution in [1.29, 1.82) is 0 Å². The molecule has 1 aromatic heterocycles. The Balaban J connectivity index is 1.58. The summed E-state index contributed by atoms with van der Waals surface area (Å²) in [6.07, 6.45) is -2.41. The Bertz CT molecular complexity index is 964. The van der Waals surface area contributed by atoms with Crippen LogP contribution in [0.25, 0.3) is 0 Å². The number of hydrogen-bond acceptors (Lipinski definition) is 7. The first-order chi connectivity index (χ1) is 16.3. The number of nitrogens with one attached hydrogen (secondary N) is 2. The highest BCUT2D eigenvalue weighted by Gasteiger charge is 2.30. The zero-order valence-corrected chi connectivity index (χ0v) is 19.5. The van der Waals surface area contributed by atoms with Crippen LogP contribution in [0.15, 0.2) is 29.6 Å². The summed E-state index contributed by atoms with van der Waals surface area (Å²) >= 11 is 1.10. The Morgan fingerprint density at radius 2 is 2.15 bits per heavy atom. The van der Waals surface area contributed by atoms with Gasteiger partial charge in [0, 0.05) is 50.8 Å². The number of ether oxygens (including phenoxy) is 2. The maximum Gasteiger partial charge on any atom is 0.416 e. The molecule has 3 rings (SSSR count). The molecular weight excluding hydrogens is 473 g/mol. The second-order valence-electron chi connectivity index (χ2n) is 7.72. The van der Waals surface area contributed by atoms with Crippen LogP contribution < -0.4 is 10.6 Å². The lowest BCUT2D eigenvalue weighted by Crippen LogP contribution is -2.38. The van der Waals surface area contributed by atoms with Crippen molar-refractivity contribution in [2.45, 2.75) is 31.5 Å². The van der Waals surface area contributed by atoms with Crippen molar-refractivity contribution < 1.29 is 32.2 Å². The monoisotopic (exact) mass is 500 g/mol. The largest absolute Gasteiger partial charge is 0.416 e. The van der Waals surface area contributed by atoms with E-state index in [1.165, 1.54) is 29.5 Å². The first kappa shape index (κ1) is 25.9. The molecule has 0 saturated carbocycles. The van der Waals surface area contributed by atoms with Crippen LogP contribution in [0.4, 0.5) is 24.0 Å². The molecule has 1 aromatic carbocycles. The zero-order valence-electron chi connectivity index (χ0n) is 18.7. The number of anilines is 2. The molecule has 12 heteroatoms. The minimum atomic E-state index is -4.46. The number of rotatable bonds is 11. The molecule has 2 heterocycles. The molecule has 1 aliphatic rings. The fraction of sp³-hybridized carbons (Fsp3) is 0.500. The molecule has 2 aromatic rings. The van der Waals surface area contributed by atoms with Gasteiger partial charge in [-0.25, -0.2) is 4.98 Å². The number of carbonyl (C=O) groups excluding carboxylic acids is 2.